The van der Waals surface area contributed by atoms with Crippen LogP contribution in [0.25, 0.3) is 0 Å². The minimum atomic E-state index is 0.652. The second kappa shape index (κ2) is 9.21. The zero-order chi connectivity index (χ0) is 16.5. The van der Waals surface area contributed by atoms with Gasteiger partial charge in [-0.25, -0.2) is 0 Å². The van der Waals surface area contributed by atoms with Crippen molar-refractivity contribution in [2.45, 2.75) is 26.8 Å². The van der Waals surface area contributed by atoms with Gasteiger partial charge in [-0.15, -0.1) is 0 Å². The summed E-state index contributed by atoms with van der Waals surface area (Å²) in [6.07, 6.45) is 0.897. The Morgan fingerprint density at radius 1 is 0.957 bits per heavy atom. The van der Waals surface area contributed by atoms with E-state index in [1.165, 1.54) is 11.1 Å². The van der Waals surface area contributed by atoms with E-state index in [1.807, 2.05) is 12.1 Å². The van der Waals surface area contributed by atoms with E-state index in [2.05, 4.69) is 55.6 Å². The van der Waals surface area contributed by atoms with Gasteiger partial charge in [-0.1, -0.05) is 44.2 Å². The second-order valence-electron chi connectivity index (χ2n) is 6.19. The topological polar surface area (TPSA) is 35.1 Å². The lowest BCUT2D eigenvalue weighted by Gasteiger charge is -2.12. The van der Waals surface area contributed by atoms with Gasteiger partial charge < -0.3 is 14.8 Å². The van der Waals surface area contributed by atoms with Crippen LogP contribution < -0.4 is 14.8 Å². The van der Waals surface area contributed by atoms with Crippen LogP contribution in [0.1, 0.15) is 25.0 Å². The van der Waals surface area contributed by atoms with Crippen molar-refractivity contribution in [2.75, 3.05) is 20.3 Å². The third-order valence-corrected chi connectivity index (χ3v) is 3.74. The predicted molar refractivity (Wildman–Crippen MR) is 94.0 cm³/mol. The van der Waals surface area contributed by atoms with E-state index in [1.54, 1.807) is 7.11 Å². The number of hydrogen-bond acceptors (Lipinski definition) is 2. The molecule has 0 heterocycles. The van der Waals surface area contributed by atoms with E-state index in [4.69, 9.17) is 9.47 Å². The molecule has 0 radical (unpaired) electrons. The van der Waals surface area contributed by atoms with Crippen LogP contribution in [-0.2, 0) is 13.0 Å². The zero-order valence-electron chi connectivity index (χ0n) is 14.4. The molecule has 0 aliphatic rings. The molecule has 0 aromatic heterocycles. The van der Waals surface area contributed by atoms with E-state index in [0.717, 1.165) is 31.0 Å². The van der Waals surface area contributed by atoms with Gasteiger partial charge in [0.05, 0.1) is 20.3 Å². The molecular weight excluding hydrogens is 286 g/mol. The molecule has 0 atom stereocenters. The third kappa shape index (κ3) is 5.95. The summed E-state index contributed by atoms with van der Waals surface area (Å²) in [5.74, 6) is 2.34. The van der Waals surface area contributed by atoms with E-state index >= 15 is 0 Å². The van der Waals surface area contributed by atoms with Crippen molar-refractivity contribution in [1.82, 2.24) is 0 Å². The molecule has 2 aromatic rings. The molecule has 0 fully saturated rings. The summed E-state index contributed by atoms with van der Waals surface area (Å²) in [7, 11) is 1.70. The Hall–Kier alpha value is -2.00. The molecule has 0 aliphatic carbocycles. The molecule has 3 heteroatoms. The highest BCUT2D eigenvalue weighted by Gasteiger charge is 2.07. The number of rotatable bonds is 9. The lowest BCUT2D eigenvalue weighted by Crippen LogP contribution is -2.83. The first-order valence-corrected chi connectivity index (χ1v) is 8.34. The Morgan fingerprint density at radius 3 is 2.43 bits per heavy atom. The molecule has 3 nitrogen and oxygen atoms in total. The lowest BCUT2D eigenvalue weighted by molar-refractivity contribution is -0.675. The Bertz CT molecular complexity index is 581. The molecule has 0 unspecified atom stereocenters. The summed E-state index contributed by atoms with van der Waals surface area (Å²) < 4.78 is 11.4. The normalized spacial score (nSPS) is 10.8. The number of hydrogen-bond donors (Lipinski definition) is 1. The van der Waals surface area contributed by atoms with Crippen molar-refractivity contribution < 1.29 is 14.8 Å². The highest BCUT2D eigenvalue weighted by atomic mass is 16.5. The van der Waals surface area contributed by atoms with Gasteiger partial charge >= 0.3 is 0 Å². The number of quaternary nitrogens is 1. The largest absolute Gasteiger partial charge is 0.493 e. The van der Waals surface area contributed by atoms with E-state index in [-0.39, 0.29) is 0 Å². The van der Waals surface area contributed by atoms with E-state index in [9.17, 15) is 0 Å². The number of benzene rings is 2. The number of ether oxygens (including phenoxy) is 2. The minimum Gasteiger partial charge on any atom is -0.493 e. The smallest absolute Gasteiger partial charge is 0.161 e. The van der Waals surface area contributed by atoms with Crippen molar-refractivity contribution >= 4 is 0 Å². The number of methoxy groups -OCH3 is 1. The summed E-state index contributed by atoms with van der Waals surface area (Å²) in [4.78, 5) is 0. The summed E-state index contributed by atoms with van der Waals surface area (Å²) in [5, 5.41) is 2.33. The molecule has 0 amide bonds. The first kappa shape index (κ1) is 17.4. The van der Waals surface area contributed by atoms with Gasteiger partial charge in [0.2, 0.25) is 0 Å². The molecule has 124 valence electrons. The van der Waals surface area contributed by atoms with Crippen molar-refractivity contribution in [1.29, 1.82) is 0 Å². The Morgan fingerprint density at radius 2 is 1.74 bits per heavy atom. The van der Waals surface area contributed by atoms with Crippen LogP contribution >= 0.6 is 0 Å². The van der Waals surface area contributed by atoms with Crippen molar-refractivity contribution in [2.24, 2.45) is 5.92 Å². The molecule has 23 heavy (non-hydrogen) atoms. The van der Waals surface area contributed by atoms with Gasteiger partial charge in [0.25, 0.3) is 0 Å². The van der Waals surface area contributed by atoms with Crippen molar-refractivity contribution in [3.8, 4) is 11.5 Å². The molecule has 2 N–H and O–H groups in total. The van der Waals surface area contributed by atoms with Crippen LogP contribution in [0.3, 0.4) is 0 Å². The monoisotopic (exact) mass is 314 g/mol. The molecule has 2 aromatic carbocycles. The van der Waals surface area contributed by atoms with Gasteiger partial charge in [0.15, 0.2) is 11.5 Å². The van der Waals surface area contributed by atoms with Crippen LogP contribution in [0.2, 0.25) is 0 Å². The molecule has 0 bridgehead atoms. The maximum atomic E-state index is 5.89. The SMILES string of the molecule is COc1cc(C[NH2+]CC(C)C)ccc1OCCc1ccccc1. The third-order valence-electron chi connectivity index (χ3n) is 3.74. The van der Waals surface area contributed by atoms with Gasteiger partial charge in [0.1, 0.15) is 6.54 Å². The second-order valence-corrected chi connectivity index (χ2v) is 6.19. The van der Waals surface area contributed by atoms with Crippen LogP contribution in [0.5, 0.6) is 11.5 Å². The van der Waals surface area contributed by atoms with Crippen LogP contribution in [0.15, 0.2) is 48.5 Å². The fourth-order valence-corrected chi connectivity index (χ4v) is 2.47. The van der Waals surface area contributed by atoms with Crippen LogP contribution in [-0.4, -0.2) is 20.3 Å². The van der Waals surface area contributed by atoms with E-state index < -0.39 is 0 Å². The summed E-state index contributed by atoms with van der Waals surface area (Å²) in [6, 6.07) is 16.6. The average molecular weight is 314 g/mol. The van der Waals surface area contributed by atoms with E-state index in [0.29, 0.717) is 12.5 Å². The first-order valence-electron chi connectivity index (χ1n) is 8.34. The summed E-state index contributed by atoms with van der Waals surface area (Å²) in [6.45, 7) is 7.23. The average Bonchev–Trinajstić information content (AvgIpc) is 2.56. The zero-order valence-corrected chi connectivity index (χ0v) is 14.4. The maximum absolute atomic E-state index is 5.89. The van der Waals surface area contributed by atoms with Crippen molar-refractivity contribution in [3.05, 3.63) is 59.7 Å². The Labute approximate surface area is 139 Å². The van der Waals surface area contributed by atoms with Crippen molar-refractivity contribution in [3.63, 3.8) is 0 Å². The minimum absolute atomic E-state index is 0.652. The molecular formula is C20H28NO2+. The number of nitrogens with two attached hydrogens (primary N) is 1. The van der Waals surface area contributed by atoms with Gasteiger partial charge in [-0.2, -0.15) is 0 Å². The molecule has 2 rings (SSSR count). The van der Waals surface area contributed by atoms with Crippen LogP contribution in [0.4, 0.5) is 0 Å². The Balaban J connectivity index is 1.88. The fourth-order valence-electron chi connectivity index (χ4n) is 2.47. The fraction of sp³-hybridized carbons (Fsp3) is 0.400. The van der Waals surface area contributed by atoms with Gasteiger partial charge in [-0.3, -0.25) is 0 Å². The summed E-state index contributed by atoms with van der Waals surface area (Å²) >= 11 is 0. The lowest BCUT2D eigenvalue weighted by atomic mass is 10.1. The molecule has 0 spiro atoms. The maximum Gasteiger partial charge on any atom is 0.161 e. The molecule has 0 saturated heterocycles. The molecule has 0 saturated carbocycles. The quantitative estimate of drug-likeness (QED) is 0.772. The van der Waals surface area contributed by atoms with Crippen LogP contribution in [0, 0.1) is 5.92 Å². The molecule has 0 aliphatic heterocycles. The predicted octanol–water partition coefficient (Wildman–Crippen LogP) is 3.04. The van der Waals surface area contributed by atoms with Gasteiger partial charge in [-0.05, 0) is 23.8 Å². The Kier molecular flexibility index (Phi) is 6.95. The van der Waals surface area contributed by atoms with Gasteiger partial charge in [0, 0.05) is 17.9 Å². The highest BCUT2D eigenvalue weighted by Crippen LogP contribution is 2.28. The summed E-state index contributed by atoms with van der Waals surface area (Å²) in [5.41, 5.74) is 2.55. The first-order chi connectivity index (χ1) is 11.2. The highest BCUT2D eigenvalue weighted by molar-refractivity contribution is 5.42. The standard InChI is InChI=1S/C20H27NO2/c1-16(2)14-21-15-18-9-10-19(20(13-18)22-3)23-12-11-17-7-5-4-6-8-17/h4-10,13,16,21H,11-12,14-15H2,1-3H3/p+1.